The topological polar surface area (TPSA) is 65.4 Å². The maximum absolute atomic E-state index is 12.6. The maximum atomic E-state index is 12.6. The maximum Gasteiger partial charge on any atom is 0.355 e. The molecule has 24 heavy (non-hydrogen) atoms. The zero-order valence-corrected chi connectivity index (χ0v) is 13.8. The van der Waals surface area contributed by atoms with Crippen LogP contribution in [0.15, 0.2) is 42.0 Å². The van der Waals surface area contributed by atoms with Gasteiger partial charge in [0.1, 0.15) is 5.69 Å². The molecule has 0 atom stereocenters. The summed E-state index contributed by atoms with van der Waals surface area (Å²) in [5, 5.41) is 0. The lowest BCUT2D eigenvalue weighted by molar-refractivity contribution is 0.0512. The number of hydrogen-bond donors (Lipinski definition) is 0. The summed E-state index contributed by atoms with van der Waals surface area (Å²) in [5.41, 5.74) is 2.17. The summed E-state index contributed by atoms with van der Waals surface area (Å²) in [4.78, 5) is 37.6. The molecule has 5 heteroatoms. The molecule has 0 saturated carbocycles. The number of aromatic nitrogens is 1. The van der Waals surface area contributed by atoms with E-state index >= 15 is 0 Å². The largest absolute Gasteiger partial charge is 0.461 e. The van der Waals surface area contributed by atoms with E-state index < -0.39 is 5.97 Å². The fourth-order valence-electron chi connectivity index (χ4n) is 3.05. The Balaban J connectivity index is 2.37. The van der Waals surface area contributed by atoms with E-state index in [2.05, 4.69) is 0 Å². The molecular weight excluding hydrogens is 306 g/mol. The molecule has 0 amide bonds. The van der Waals surface area contributed by atoms with Crippen molar-refractivity contribution in [1.82, 2.24) is 4.57 Å². The van der Waals surface area contributed by atoms with Gasteiger partial charge in [-0.1, -0.05) is 30.3 Å². The van der Waals surface area contributed by atoms with Crippen LogP contribution in [-0.2, 0) is 11.8 Å². The van der Waals surface area contributed by atoms with E-state index in [1.165, 1.54) is 6.08 Å². The number of ether oxygens (including phenoxy) is 1. The Morgan fingerprint density at radius 1 is 1.12 bits per heavy atom. The number of rotatable bonds is 3. The second kappa shape index (κ2) is 5.92. The molecule has 0 radical (unpaired) electrons. The van der Waals surface area contributed by atoms with Crippen molar-refractivity contribution < 1.29 is 19.1 Å². The van der Waals surface area contributed by atoms with Crippen LogP contribution in [0.3, 0.4) is 0 Å². The predicted octanol–water partition coefficient (Wildman–Crippen LogP) is 3.19. The monoisotopic (exact) mass is 323 g/mol. The van der Waals surface area contributed by atoms with E-state index in [-0.39, 0.29) is 35.0 Å². The Morgan fingerprint density at radius 2 is 1.79 bits per heavy atom. The molecule has 2 aromatic rings. The molecule has 0 unspecified atom stereocenters. The van der Waals surface area contributed by atoms with Crippen molar-refractivity contribution in [3.63, 3.8) is 0 Å². The van der Waals surface area contributed by atoms with Crippen LogP contribution in [0, 0.1) is 0 Å². The quantitative estimate of drug-likeness (QED) is 0.814. The Hall–Kier alpha value is -2.95. The number of nitrogens with zero attached hydrogens (tertiary/aromatic N) is 1. The number of benzene rings is 1. The molecule has 122 valence electrons. The molecule has 0 fully saturated rings. The van der Waals surface area contributed by atoms with E-state index in [9.17, 15) is 14.4 Å². The fraction of sp³-hybridized carbons (Fsp3) is 0.211. The SMILES string of the molecule is CCOC(=O)c1c2c(c(-c3ccccc3)n1C)C(=O)C=C(C)C2=O. The van der Waals surface area contributed by atoms with E-state index in [1.54, 1.807) is 25.5 Å². The van der Waals surface area contributed by atoms with Gasteiger partial charge in [0.05, 0.1) is 23.4 Å². The summed E-state index contributed by atoms with van der Waals surface area (Å²) in [6.07, 6.45) is 1.33. The van der Waals surface area contributed by atoms with Crippen molar-refractivity contribution in [3.8, 4) is 11.3 Å². The van der Waals surface area contributed by atoms with Gasteiger partial charge in [-0.05, 0) is 25.5 Å². The summed E-state index contributed by atoms with van der Waals surface area (Å²) < 4.78 is 6.68. The highest BCUT2D eigenvalue weighted by Crippen LogP contribution is 2.36. The van der Waals surface area contributed by atoms with Crippen LogP contribution < -0.4 is 0 Å². The Morgan fingerprint density at radius 3 is 2.42 bits per heavy atom. The average molecular weight is 323 g/mol. The number of carbonyl (C=O) groups excluding carboxylic acids is 3. The first-order chi connectivity index (χ1) is 11.5. The highest BCUT2D eigenvalue weighted by Gasteiger charge is 2.36. The van der Waals surface area contributed by atoms with Crippen LogP contribution in [0.2, 0.25) is 0 Å². The number of allylic oxidation sites excluding steroid dienone is 2. The van der Waals surface area contributed by atoms with E-state index in [4.69, 9.17) is 4.74 Å². The highest BCUT2D eigenvalue weighted by molar-refractivity contribution is 6.29. The average Bonchev–Trinajstić information content (AvgIpc) is 2.87. The van der Waals surface area contributed by atoms with Crippen LogP contribution in [0.25, 0.3) is 11.3 Å². The molecule has 5 nitrogen and oxygen atoms in total. The number of Topliss-reactive ketones (excluding diaryl/α,β-unsaturated/α-hetero) is 1. The van der Waals surface area contributed by atoms with E-state index in [0.29, 0.717) is 11.3 Å². The molecular formula is C19H17NO4. The Bertz CT molecular complexity index is 888. The standard InChI is InChI=1S/C19H17NO4/c1-4-24-19(23)17-15-14(13(21)10-11(2)18(15)22)16(20(17)3)12-8-6-5-7-9-12/h5-10H,4H2,1-3H3. The van der Waals surface area contributed by atoms with Gasteiger partial charge >= 0.3 is 5.97 Å². The minimum Gasteiger partial charge on any atom is -0.461 e. The van der Waals surface area contributed by atoms with Crippen molar-refractivity contribution in [3.05, 3.63) is 58.8 Å². The van der Waals surface area contributed by atoms with Gasteiger partial charge in [-0.15, -0.1) is 0 Å². The van der Waals surface area contributed by atoms with Gasteiger partial charge in [-0.25, -0.2) is 4.79 Å². The number of ketones is 2. The van der Waals surface area contributed by atoms with Gasteiger partial charge in [-0.2, -0.15) is 0 Å². The Kier molecular flexibility index (Phi) is 3.93. The molecule has 1 aromatic heterocycles. The van der Waals surface area contributed by atoms with Crippen LogP contribution in [0.1, 0.15) is 45.1 Å². The molecule has 1 heterocycles. The lowest BCUT2D eigenvalue weighted by Crippen LogP contribution is -2.19. The summed E-state index contributed by atoms with van der Waals surface area (Å²) in [5.74, 6) is -1.19. The minimum absolute atomic E-state index is 0.122. The first-order valence-corrected chi connectivity index (χ1v) is 7.69. The molecule has 0 saturated heterocycles. The first kappa shape index (κ1) is 15.9. The van der Waals surface area contributed by atoms with Gasteiger partial charge in [0, 0.05) is 12.6 Å². The third kappa shape index (κ3) is 2.29. The normalized spacial score (nSPS) is 13.5. The van der Waals surface area contributed by atoms with E-state index in [1.807, 2.05) is 30.3 Å². The molecule has 1 aliphatic carbocycles. The predicted molar refractivity (Wildman–Crippen MR) is 89.2 cm³/mol. The van der Waals surface area contributed by atoms with Crippen LogP contribution >= 0.6 is 0 Å². The van der Waals surface area contributed by atoms with Gasteiger partial charge in [-0.3, -0.25) is 9.59 Å². The zero-order valence-electron chi connectivity index (χ0n) is 13.8. The summed E-state index contributed by atoms with van der Waals surface area (Å²) in [6, 6.07) is 9.23. The summed E-state index contributed by atoms with van der Waals surface area (Å²) in [6.45, 7) is 3.47. The van der Waals surface area contributed by atoms with E-state index in [0.717, 1.165) is 5.56 Å². The van der Waals surface area contributed by atoms with Gasteiger partial charge in [0.25, 0.3) is 0 Å². The van der Waals surface area contributed by atoms with Gasteiger partial charge in [0.15, 0.2) is 11.6 Å². The third-order valence-electron chi connectivity index (χ3n) is 4.09. The highest BCUT2D eigenvalue weighted by atomic mass is 16.5. The molecule has 0 bridgehead atoms. The van der Waals surface area contributed by atoms with Crippen LogP contribution in [0.4, 0.5) is 0 Å². The molecule has 0 N–H and O–H groups in total. The lowest BCUT2D eigenvalue weighted by Gasteiger charge is -2.11. The van der Waals surface area contributed by atoms with Crippen molar-refractivity contribution in [1.29, 1.82) is 0 Å². The number of hydrogen-bond acceptors (Lipinski definition) is 4. The van der Waals surface area contributed by atoms with Gasteiger partial charge < -0.3 is 9.30 Å². The number of esters is 1. The van der Waals surface area contributed by atoms with Crippen molar-refractivity contribution in [2.45, 2.75) is 13.8 Å². The fourth-order valence-corrected chi connectivity index (χ4v) is 3.05. The molecule has 1 aromatic carbocycles. The second-order valence-corrected chi connectivity index (χ2v) is 5.61. The van der Waals surface area contributed by atoms with Crippen molar-refractivity contribution >= 4 is 17.5 Å². The molecule has 3 rings (SSSR count). The number of carbonyl (C=O) groups is 3. The number of fused-ring (bicyclic) bond motifs is 1. The van der Waals surface area contributed by atoms with Crippen molar-refractivity contribution in [2.75, 3.05) is 6.61 Å². The molecule has 0 spiro atoms. The third-order valence-corrected chi connectivity index (χ3v) is 4.09. The second-order valence-electron chi connectivity index (χ2n) is 5.61. The Labute approximate surface area is 139 Å². The molecule has 0 aliphatic heterocycles. The minimum atomic E-state index is -0.603. The van der Waals surface area contributed by atoms with Gasteiger partial charge in [0.2, 0.25) is 0 Å². The van der Waals surface area contributed by atoms with Crippen molar-refractivity contribution in [2.24, 2.45) is 7.05 Å². The lowest BCUT2D eigenvalue weighted by atomic mass is 9.89. The van der Waals surface area contributed by atoms with Crippen LogP contribution in [0.5, 0.6) is 0 Å². The molecule has 1 aliphatic rings. The summed E-state index contributed by atoms with van der Waals surface area (Å²) >= 11 is 0. The summed E-state index contributed by atoms with van der Waals surface area (Å²) in [7, 11) is 1.67. The van der Waals surface area contributed by atoms with Crippen LogP contribution in [-0.4, -0.2) is 28.7 Å². The smallest absolute Gasteiger partial charge is 0.355 e. The first-order valence-electron chi connectivity index (χ1n) is 7.69. The zero-order chi connectivity index (χ0) is 17.4.